The minimum absolute atomic E-state index is 0.191. The van der Waals surface area contributed by atoms with Crippen LogP contribution < -0.4 is 10.2 Å². The molecule has 0 saturated heterocycles. The maximum atomic E-state index is 8.92. The van der Waals surface area contributed by atoms with E-state index in [1.807, 2.05) is 7.05 Å². The Morgan fingerprint density at radius 2 is 2.00 bits per heavy atom. The molecule has 3 nitrogen and oxygen atoms in total. The van der Waals surface area contributed by atoms with Crippen LogP contribution >= 0.6 is 0 Å². The lowest BCUT2D eigenvalue weighted by Crippen LogP contribution is -2.22. The van der Waals surface area contributed by atoms with Gasteiger partial charge in [0, 0.05) is 31.0 Å². The summed E-state index contributed by atoms with van der Waals surface area (Å²) in [4.78, 5) is 2.06. The lowest BCUT2D eigenvalue weighted by molar-refractivity contribution is 0.304. The molecule has 100 valence electrons. The third-order valence-corrected chi connectivity index (χ3v) is 3.96. The summed E-state index contributed by atoms with van der Waals surface area (Å²) >= 11 is 0. The Morgan fingerprint density at radius 3 is 2.56 bits per heavy atom. The van der Waals surface area contributed by atoms with Crippen molar-refractivity contribution in [2.45, 2.75) is 32.2 Å². The van der Waals surface area contributed by atoms with Crippen LogP contribution in [0, 0.1) is 5.92 Å². The number of hydrogen-bond donors (Lipinski definition) is 2. The van der Waals surface area contributed by atoms with Crippen molar-refractivity contribution in [3.05, 3.63) is 24.3 Å². The van der Waals surface area contributed by atoms with E-state index in [9.17, 15) is 0 Å². The first-order valence-corrected chi connectivity index (χ1v) is 6.89. The summed E-state index contributed by atoms with van der Waals surface area (Å²) in [7, 11) is 2.00. The minimum atomic E-state index is 0.191. The predicted molar refractivity (Wildman–Crippen MR) is 77.2 cm³/mol. The maximum Gasteiger partial charge on any atom is 0.0606 e. The summed E-state index contributed by atoms with van der Waals surface area (Å²) in [6, 6.07) is 9.11. The number of aliphatic hydroxyl groups excluding tert-OH is 1. The van der Waals surface area contributed by atoms with Crippen molar-refractivity contribution >= 4 is 11.4 Å². The molecule has 1 aliphatic carbocycles. The molecular formula is C15H24N2O. The van der Waals surface area contributed by atoms with E-state index in [2.05, 4.69) is 41.4 Å². The Balaban J connectivity index is 1.95. The predicted octanol–water partition coefficient (Wildman–Crippen LogP) is 2.72. The SMILES string of the molecule is CC1CCCC1Nc1ccc(N(C)CCO)cc1. The highest BCUT2D eigenvalue weighted by Gasteiger charge is 2.22. The van der Waals surface area contributed by atoms with Crippen molar-refractivity contribution in [3.63, 3.8) is 0 Å². The second kappa shape index (κ2) is 6.10. The van der Waals surface area contributed by atoms with Gasteiger partial charge in [0.1, 0.15) is 0 Å². The molecule has 2 rings (SSSR count). The van der Waals surface area contributed by atoms with Crippen molar-refractivity contribution in [3.8, 4) is 0 Å². The third-order valence-electron chi connectivity index (χ3n) is 3.96. The highest BCUT2D eigenvalue weighted by Crippen LogP contribution is 2.28. The van der Waals surface area contributed by atoms with Crippen LogP contribution in [0.15, 0.2) is 24.3 Å². The Hall–Kier alpha value is -1.22. The van der Waals surface area contributed by atoms with Crippen molar-refractivity contribution in [2.75, 3.05) is 30.4 Å². The standard InChI is InChI=1S/C15H24N2O/c1-12-4-3-5-15(12)16-13-6-8-14(9-7-13)17(2)10-11-18/h6-9,12,15-16,18H,3-5,10-11H2,1-2H3. The van der Waals surface area contributed by atoms with Crippen molar-refractivity contribution in [1.82, 2.24) is 0 Å². The molecule has 0 radical (unpaired) electrons. The molecule has 2 atom stereocenters. The fourth-order valence-electron chi connectivity index (χ4n) is 2.67. The van der Waals surface area contributed by atoms with Gasteiger partial charge in [-0.05, 0) is 43.0 Å². The van der Waals surface area contributed by atoms with Gasteiger partial charge in [-0.3, -0.25) is 0 Å². The van der Waals surface area contributed by atoms with Crippen molar-refractivity contribution < 1.29 is 5.11 Å². The summed E-state index contributed by atoms with van der Waals surface area (Å²) in [5, 5.41) is 12.5. The Morgan fingerprint density at radius 1 is 1.28 bits per heavy atom. The molecule has 0 heterocycles. The zero-order chi connectivity index (χ0) is 13.0. The summed E-state index contributed by atoms with van der Waals surface area (Å²) in [6.07, 6.45) is 3.97. The lowest BCUT2D eigenvalue weighted by Gasteiger charge is -2.21. The molecule has 2 unspecified atom stereocenters. The summed E-state index contributed by atoms with van der Waals surface area (Å²) in [5.41, 5.74) is 2.35. The molecule has 3 heteroatoms. The molecule has 0 amide bonds. The minimum Gasteiger partial charge on any atom is -0.395 e. The zero-order valence-electron chi connectivity index (χ0n) is 11.4. The summed E-state index contributed by atoms with van der Waals surface area (Å²) < 4.78 is 0. The second-order valence-corrected chi connectivity index (χ2v) is 5.35. The van der Waals surface area contributed by atoms with Gasteiger partial charge in [-0.15, -0.1) is 0 Å². The van der Waals surface area contributed by atoms with Crippen LogP contribution in [0.1, 0.15) is 26.2 Å². The first kappa shape index (κ1) is 13.2. The van der Waals surface area contributed by atoms with Gasteiger partial charge in [-0.2, -0.15) is 0 Å². The number of aliphatic hydroxyl groups is 1. The van der Waals surface area contributed by atoms with Gasteiger partial charge in [0.05, 0.1) is 6.61 Å². The number of nitrogens with one attached hydrogen (secondary N) is 1. The van der Waals surface area contributed by atoms with Gasteiger partial charge in [0.25, 0.3) is 0 Å². The van der Waals surface area contributed by atoms with E-state index in [-0.39, 0.29) is 6.61 Å². The highest BCUT2D eigenvalue weighted by atomic mass is 16.3. The molecule has 0 aliphatic heterocycles. The molecule has 0 bridgehead atoms. The number of hydrogen-bond acceptors (Lipinski definition) is 3. The van der Waals surface area contributed by atoms with Crippen LogP contribution in [0.2, 0.25) is 0 Å². The van der Waals surface area contributed by atoms with E-state index in [4.69, 9.17) is 5.11 Å². The molecule has 1 aromatic carbocycles. The first-order chi connectivity index (χ1) is 8.70. The van der Waals surface area contributed by atoms with Gasteiger partial charge >= 0.3 is 0 Å². The number of likely N-dealkylation sites (N-methyl/N-ethyl adjacent to an activating group) is 1. The van der Waals surface area contributed by atoms with Crippen LogP contribution in [0.4, 0.5) is 11.4 Å². The van der Waals surface area contributed by atoms with E-state index in [1.165, 1.54) is 24.9 Å². The molecular weight excluding hydrogens is 224 g/mol. The summed E-state index contributed by atoms with van der Waals surface area (Å²) in [5.74, 6) is 0.779. The fraction of sp³-hybridized carbons (Fsp3) is 0.600. The van der Waals surface area contributed by atoms with Crippen LogP contribution in [0.5, 0.6) is 0 Å². The number of benzene rings is 1. The van der Waals surface area contributed by atoms with Crippen LogP contribution in [0.3, 0.4) is 0 Å². The molecule has 0 aromatic heterocycles. The van der Waals surface area contributed by atoms with Gasteiger partial charge in [0.2, 0.25) is 0 Å². The maximum absolute atomic E-state index is 8.92. The van der Waals surface area contributed by atoms with Crippen LogP contribution in [-0.4, -0.2) is 31.3 Å². The van der Waals surface area contributed by atoms with E-state index in [0.717, 1.165) is 11.6 Å². The van der Waals surface area contributed by atoms with E-state index >= 15 is 0 Å². The topological polar surface area (TPSA) is 35.5 Å². The molecule has 1 aliphatic rings. The lowest BCUT2D eigenvalue weighted by atomic mass is 10.1. The van der Waals surface area contributed by atoms with Gasteiger partial charge in [-0.25, -0.2) is 0 Å². The Bertz CT molecular complexity index is 363. The number of nitrogens with zero attached hydrogens (tertiary/aromatic N) is 1. The molecule has 1 aromatic rings. The molecule has 1 saturated carbocycles. The quantitative estimate of drug-likeness (QED) is 0.841. The highest BCUT2D eigenvalue weighted by molar-refractivity contribution is 5.55. The van der Waals surface area contributed by atoms with E-state index < -0.39 is 0 Å². The monoisotopic (exact) mass is 248 g/mol. The average molecular weight is 248 g/mol. The second-order valence-electron chi connectivity index (χ2n) is 5.35. The average Bonchev–Trinajstić information content (AvgIpc) is 2.76. The normalized spacial score (nSPS) is 23.1. The first-order valence-electron chi connectivity index (χ1n) is 6.89. The Kier molecular flexibility index (Phi) is 4.48. The van der Waals surface area contributed by atoms with Gasteiger partial charge < -0.3 is 15.3 Å². The molecule has 2 N–H and O–H groups in total. The van der Waals surface area contributed by atoms with E-state index in [0.29, 0.717) is 12.6 Å². The molecule has 18 heavy (non-hydrogen) atoms. The Labute approximate surface area is 110 Å². The van der Waals surface area contributed by atoms with Crippen LogP contribution in [-0.2, 0) is 0 Å². The smallest absolute Gasteiger partial charge is 0.0606 e. The fourth-order valence-corrected chi connectivity index (χ4v) is 2.67. The summed E-state index contributed by atoms with van der Waals surface area (Å²) in [6.45, 7) is 3.19. The number of rotatable bonds is 5. The van der Waals surface area contributed by atoms with E-state index in [1.54, 1.807) is 0 Å². The van der Waals surface area contributed by atoms with Gasteiger partial charge in [0.15, 0.2) is 0 Å². The van der Waals surface area contributed by atoms with Crippen LogP contribution in [0.25, 0.3) is 0 Å². The largest absolute Gasteiger partial charge is 0.395 e. The van der Waals surface area contributed by atoms with Crippen molar-refractivity contribution in [1.29, 1.82) is 0 Å². The zero-order valence-corrected chi connectivity index (χ0v) is 11.4. The third kappa shape index (κ3) is 3.16. The molecule has 1 fully saturated rings. The van der Waals surface area contributed by atoms with Crippen molar-refractivity contribution in [2.24, 2.45) is 5.92 Å². The molecule has 0 spiro atoms. The van der Waals surface area contributed by atoms with Gasteiger partial charge in [-0.1, -0.05) is 13.3 Å². The number of anilines is 2.